The third-order valence-electron chi connectivity index (χ3n) is 1.67. The van der Waals surface area contributed by atoms with Gasteiger partial charge in [-0.05, 0) is 12.5 Å². The van der Waals surface area contributed by atoms with E-state index in [0.29, 0.717) is 5.56 Å². The van der Waals surface area contributed by atoms with E-state index in [1.54, 1.807) is 24.3 Å². The first-order chi connectivity index (χ1) is 5.52. The molecule has 1 rings (SSSR count). The molecule has 0 aliphatic rings. The molecule has 0 amide bonds. The Bertz CT molecular complexity index is 240. The molecule has 0 fully saturated rings. The second-order valence-corrected chi connectivity index (χ2v) is 3.04. The summed E-state index contributed by atoms with van der Waals surface area (Å²) >= 11 is 0. The maximum Gasteiger partial charge on any atom is 0.141 e. The van der Waals surface area contributed by atoms with E-state index in [9.17, 15) is 10.2 Å². The van der Waals surface area contributed by atoms with Crippen molar-refractivity contribution in [2.24, 2.45) is 5.73 Å². The van der Waals surface area contributed by atoms with Gasteiger partial charge in [0.15, 0.2) is 0 Å². The molecule has 1 aromatic carbocycles. The van der Waals surface area contributed by atoms with E-state index in [0.717, 1.165) is 0 Å². The molecule has 0 aliphatic carbocycles. The first-order valence-corrected chi connectivity index (χ1v) is 3.76. The molecule has 0 spiro atoms. The zero-order valence-corrected chi connectivity index (χ0v) is 6.94. The van der Waals surface area contributed by atoms with Crippen molar-refractivity contribution in [3.8, 4) is 0 Å². The van der Waals surface area contributed by atoms with E-state index in [1.165, 1.54) is 6.92 Å². The van der Waals surface area contributed by atoms with Crippen LogP contribution in [-0.2, 0) is 0 Å². The fourth-order valence-electron chi connectivity index (χ4n) is 0.973. The Hall–Kier alpha value is -0.900. The van der Waals surface area contributed by atoms with Crippen LogP contribution in [0.2, 0.25) is 0 Å². The van der Waals surface area contributed by atoms with Crippen LogP contribution < -0.4 is 5.73 Å². The lowest BCUT2D eigenvalue weighted by Crippen LogP contribution is -2.42. The quantitative estimate of drug-likeness (QED) is 0.558. The zero-order valence-electron chi connectivity index (χ0n) is 6.94. The molecule has 0 heterocycles. The Balaban J connectivity index is 2.86. The highest BCUT2D eigenvalue weighted by molar-refractivity contribution is 5.19. The summed E-state index contributed by atoms with van der Waals surface area (Å²) in [5.41, 5.74) is 4.35. The summed E-state index contributed by atoms with van der Waals surface area (Å²) in [7, 11) is 0. The van der Waals surface area contributed by atoms with E-state index >= 15 is 0 Å². The first kappa shape index (κ1) is 9.19. The summed E-state index contributed by atoms with van der Waals surface area (Å²) in [4.78, 5) is 0. The van der Waals surface area contributed by atoms with Gasteiger partial charge in [0.1, 0.15) is 11.8 Å². The molecule has 66 valence electrons. The number of rotatable bonds is 2. The lowest BCUT2D eigenvalue weighted by molar-refractivity contribution is -0.0590. The maximum absolute atomic E-state index is 9.48. The van der Waals surface area contributed by atoms with Gasteiger partial charge in [-0.15, -0.1) is 0 Å². The van der Waals surface area contributed by atoms with Gasteiger partial charge in [0.25, 0.3) is 0 Å². The predicted octanol–water partition coefficient (Wildman–Crippen LogP) is 0.387. The molecule has 0 radical (unpaired) electrons. The van der Waals surface area contributed by atoms with Gasteiger partial charge in [-0.2, -0.15) is 0 Å². The number of aliphatic hydroxyl groups excluding tert-OH is 1. The van der Waals surface area contributed by atoms with Crippen molar-refractivity contribution >= 4 is 0 Å². The molecule has 0 aromatic heterocycles. The largest absolute Gasteiger partial charge is 0.384 e. The highest BCUT2D eigenvalue weighted by Gasteiger charge is 2.26. The van der Waals surface area contributed by atoms with Gasteiger partial charge < -0.3 is 15.9 Å². The lowest BCUT2D eigenvalue weighted by Gasteiger charge is -2.24. The Morgan fingerprint density at radius 3 is 2.25 bits per heavy atom. The molecule has 3 heteroatoms. The molecule has 0 bridgehead atoms. The van der Waals surface area contributed by atoms with E-state index in [4.69, 9.17) is 5.73 Å². The average molecular weight is 167 g/mol. The van der Waals surface area contributed by atoms with Crippen molar-refractivity contribution < 1.29 is 10.2 Å². The number of benzene rings is 1. The third-order valence-corrected chi connectivity index (χ3v) is 1.67. The van der Waals surface area contributed by atoms with Crippen LogP contribution in [0.3, 0.4) is 0 Å². The highest BCUT2D eigenvalue weighted by Crippen LogP contribution is 2.20. The number of aliphatic hydroxyl groups is 2. The smallest absolute Gasteiger partial charge is 0.141 e. The molecule has 0 saturated heterocycles. The molecule has 1 aromatic rings. The zero-order chi connectivity index (χ0) is 9.19. The molecule has 4 N–H and O–H groups in total. The molecular formula is C9H13NO2. The monoisotopic (exact) mass is 167 g/mol. The van der Waals surface area contributed by atoms with Crippen LogP contribution in [0.5, 0.6) is 0 Å². The number of nitrogens with two attached hydrogens (primary N) is 1. The molecule has 2 unspecified atom stereocenters. The number of hydrogen-bond donors (Lipinski definition) is 3. The molecule has 12 heavy (non-hydrogen) atoms. The Kier molecular flexibility index (Phi) is 2.47. The fourth-order valence-corrected chi connectivity index (χ4v) is 0.973. The minimum Gasteiger partial charge on any atom is -0.384 e. The predicted molar refractivity (Wildman–Crippen MR) is 46.2 cm³/mol. The van der Waals surface area contributed by atoms with Crippen LogP contribution in [0.25, 0.3) is 0 Å². The summed E-state index contributed by atoms with van der Waals surface area (Å²) in [6.45, 7) is 1.37. The van der Waals surface area contributed by atoms with Crippen LogP contribution in [0, 0.1) is 0 Å². The van der Waals surface area contributed by atoms with Crippen LogP contribution in [0.1, 0.15) is 18.6 Å². The van der Waals surface area contributed by atoms with E-state index in [1.807, 2.05) is 6.07 Å². The Labute approximate surface area is 71.5 Å². The lowest BCUT2D eigenvalue weighted by atomic mass is 10.0. The van der Waals surface area contributed by atoms with Gasteiger partial charge in [0.2, 0.25) is 0 Å². The summed E-state index contributed by atoms with van der Waals surface area (Å²) in [5, 5.41) is 18.7. The summed E-state index contributed by atoms with van der Waals surface area (Å²) in [6, 6.07) is 8.83. The van der Waals surface area contributed by atoms with Crippen LogP contribution in [-0.4, -0.2) is 15.9 Å². The van der Waals surface area contributed by atoms with Gasteiger partial charge in [-0.25, -0.2) is 0 Å². The van der Waals surface area contributed by atoms with E-state index in [2.05, 4.69) is 0 Å². The van der Waals surface area contributed by atoms with Crippen molar-refractivity contribution in [3.63, 3.8) is 0 Å². The Morgan fingerprint density at radius 2 is 1.83 bits per heavy atom. The van der Waals surface area contributed by atoms with Gasteiger partial charge in [0.05, 0.1) is 0 Å². The molecule has 2 atom stereocenters. The first-order valence-electron chi connectivity index (χ1n) is 3.76. The fraction of sp³-hybridized carbons (Fsp3) is 0.333. The van der Waals surface area contributed by atoms with Gasteiger partial charge in [-0.1, -0.05) is 30.3 Å². The summed E-state index contributed by atoms with van der Waals surface area (Å²) in [5.74, 6) is 0. The standard InChI is InChI=1S/C9H13NO2/c1-9(10,12)8(11)7-5-3-2-4-6-7/h2-6,8,11-12H,10H2,1H3. The van der Waals surface area contributed by atoms with Crippen molar-refractivity contribution in [2.45, 2.75) is 18.8 Å². The molecule has 0 aliphatic heterocycles. The summed E-state index contributed by atoms with van der Waals surface area (Å²) in [6.07, 6.45) is -1.04. The van der Waals surface area contributed by atoms with Crippen LogP contribution in [0.4, 0.5) is 0 Å². The van der Waals surface area contributed by atoms with Crippen molar-refractivity contribution in [1.82, 2.24) is 0 Å². The molecular weight excluding hydrogens is 154 g/mol. The molecule has 3 nitrogen and oxygen atoms in total. The minimum atomic E-state index is -1.58. The second-order valence-electron chi connectivity index (χ2n) is 3.04. The topological polar surface area (TPSA) is 66.5 Å². The van der Waals surface area contributed by atoms with Crippen LogP contribution >= 0.6 is 0 Å². The van der Waals surface area contributed by atoms with E-state index < -0.39 is 11.8 Å². The van der Waals surface area contributed by atoms with Crippen molar-refractivity contribution in [1.29, 1.82) is 0 Å². The van der Waals surface area contributed by atoms with Gasteiger partial charge >= 0.3 is 0 Å². The average Bonchev–Trinajstić information content (AvgIpc) is 2.03. The normalized spacial score (nSPS) is 18.3. The van der Waals surface area contributed by atoms with Crippen molar-refractivity contribution in [3.05, 3.63) is 35.9 Å². The molecule has 0 saturated carbocycles. The highest BCUT2D eigenvalue weighted by atomic mass is 16.4. The van der Waals surface area contributed by atoms with Gasteiger partial charge in [0, 0.05) is 0 Å². The summed E-state index contributed by atoms with van der Waals surface area (Å²) < 4.78 is 0. The van der Waals surface area contributed by atoms with Gasteiger partial charge in [-0.3, -0.25) is 0 Å². The third kappa shape index (κ3) is 2.04. The second kappa shape index (κ2) is 3.23. The Morgan fingerprint density at radius 1 is 1.33 bits per heavy atom. The SMILES string of the molecule is CC(N)(O)C(O)c1ccccc1. The number of hydrogen-bond acceptors (Lipinski definition) is 3. The van der Waals surface area contributed by atoms with Crippen LogP contribution in [0.15, 0.2) is 30.3 Å². The van der Waals surface area contributed by atoms with Crippen molar-refractivity contribution in [2.75, 3.05) is 0 Å². The maximum atomic E-state index is 9.48. The minimum absolute atomic E-state index is 0.616. The van der Waals surface area contributed by atoms with E-state index in [-0.39, 0.29) is 0 Å².